The molecule has 90 valence electrons. The molecule has 2 aromatic carbocycles. The van der Waals surface area contributed by atoms with E-state index in [9.17, 15) is 0 Å². The lowest BCUT2D eigenvalue weighted by Gasteiger charge is -2.18. The summed E-state index contributed by atoms with van der Waals surface area (Å²) in [6.45, 7) is 0. The number of ether oxygens (including phenoxy) is 1. The Labute approximate surface area is 111 Å². The van der Waals surface area contributed by atoms with Crippen molar-refractivity contribution in [2.45, 2.75) is 23.3 Å². The zero-order chi connectivity index (χ0) is 11.9. The highest BCUT2D eigenvalue weighted by atomic mass is 32.2. The molecule has 4 rings (SSSR count). The highest BCUT2D eigenvalue weighted by molar-refractivity contribution is 7.99. The van der Waals surface area contributed by atoms with Gasteiger partial charge in [0.05, 0.1) is 0 Å². The van der Waals surface area contributed by atoms with Gasteiger partial charge in [0.2, 0.25) is 0 Å². The Morgan fingerprint density at radius 2 is 1.83 bits per heavy atom. The van der Waals surface area contributed by atoms with E-state index in [2.05, 4.69) is 48.5 Å². The van der Waals surface area contributed by atoms with Crippen molar-refractivity contribution in [3.8, 4) is 5.75 Å². The second kappa shape index (κ2) is 4.06. The van der Waals surface area contributed by atoms with E-state index in [4.69, 9.17) is 4.74 Å². The van der Waals surface area contributed by atoms with Crippen LogP contribution in [0.15, 0.2) is 53.4 Å². The molecular weight excluding hydrogens is 240 g/mol. The normalized spacial score (nSPS) is 24.4. The van der Waals surface area contributed by atoms with Crippen molar-refractivity contribution in [2.75, 3.05) is 5.75 Å². The number of thioether (sulfide) groups is 1. The summed E-state index contributed by atoms with van der Waals surface area (Å²) in [6, 6.07) is 17.2. The van der Waals surface area contributed by atoms with Crippen LogP contribution in [-0.2, 0) is 6.42 Å². The molecule has 2 aliphatic rings. The van der Waals surface area contributed by atoms with E-state index in [1.54, 1.807) is 0 Å². The van der Waals surface area contributed by atoms with Gasteiger partial charge < -0.3 is 4.74 Å². The lowest BCUT2D eigenvalue weighted by Crippen LogP contribution is -2.23. The first-order valence-corrected chi connectivity index (χ1v) is 7.36. The van der Waals surface area contributed by atoms with Gasteiger partial charge in [0.15, 0.2) is 0 Å². The summed E-state index contributed by atoms with van der Waals surface area (Å²) in [5.41, 5.74) is 2.83. The Hall–Kier alpha value is -1.41. The van der Waals surface area contributed by atoms with Gasteiger partial charge in [-0.3, -0.25) is 0 Å². The summed E-state index contributed by atoms with van der Waals surface area (Å²) in [4.78, 5) is 1.43. The zero-order valence-corrected chi connectivity index (χ0v) is 10.8. The lowest BCUT2D eigenvalue weighted by atomic mass is 9.93. The van der Waals surface area contributed by atoms with Crippen LogP contribution in [0.2, 0.25) is 0 Å². The smallest absolute Gasteiger partial charge is 0.123 e. The van der Waals surface area contributed by atoms with E-state index in [1.807, 2.05) is 11.8 Å². The highest BCUT2D eigenvalue weighted by Crippen LogP contribution is 2.45. The third kappa shape index (κ3) is 1.56. The molecule has 2 unspecified atom stereocenters. The highest BCUT2D eigenvalue weighted by Gasteiger charge is 2.35. The van der Waals surface area contributed by atoms with Gasteiger partial charge in [-0.05, 0) is 23.3 Å². The molecule has 0 saturated heterocycles. The molecule has 0 spiro atoms. The van der Waals surface area contributed by atoms with E-state index in [-0.39, 0.29) is 0 Å². The summed E-state index contributed by atoms with van der Waals surface area (Å²) in [5, 5.41) is 0. The summed E-state index contributed by atoms with van der Waals surface area (Å²) in [6.07, 6.45) is 1.37. The predicted octanol–water partition coefficient (Wildman–Crippen LogP) is 3.88. The van der Waals surface area contributed by atoms with E-state index in [0.29, 0.717) is 12.0 Å². The molecule has 0 fully saturated rings. The second-order valence-electron chi connectivity index (χ2n) is 4.92. The quantitative estimate of drug-likeness (QED) is 0.763. The molecule has 0 N–H and O–H groups in total. The fourth-order valence-corrected chi connectivity index (χ4v) is 4.24. The fraction of sp³-hybridized carbons (Fsp3) is 0.250. The van der Waals surface area contributed by atoms with Crippen LogP contribution in [0.3, 0.4) is 0 Å². The number of benzene rings is 2. The molecule has 0 saturated carbocycles. The Morgan fingerprint density at radius 1 is 1.00 bits per heavy atom. The van der Waals surface area contributed by atoms with Gasteiger partial charge in [-0.15, -0.1) is 11.8 Å². The third-order valence-electron chi connectivity index (χ3n) is 3.86. The average Bonchev–Trinajstić information content (AvgIpc) is 3.02. The zero-order valence-electron chi connectivity index (χ0n) is 10.0. The molecule has 0 bridgehead atoms. The maximum atomic E-state index is 6.13. The van der Waals surface area contributed by atoms with Crippen LogP contribution in [0, 0.1) is 0 Å². The van der Waals surface area contributed by atoms with E-state index in [1.165, 1.54) is 16.0 Å². The molecular formula is C16H14OS. The maximum Gasteiger partial charge on any atom is 0.123 e. The van der Waals surface area contributed by atoms with Gasteiger partial charge >= 0.3 is 0 Å². The SMILES string of the molecule is c1ccc2c(c1)CC(C1CSc3ccccc31)O2. The first-order chi connectivity index (χ1) is 8.92. The van der Waals surface area contributed by atoms with Crippen molar-refractivity contribution < 1.29 is 4.74 Å². The number of hydrogen-bond acceptors (Lipinski definition) is 2. The van der Waals surface area contributed by atoms with Crippen LogP contribution in [0.25, 0.3) is 0 Å². The first-order valence-electron chi connectivity index (χ1n) is 6.38. The Morgan fingerprint density at radius 3 is 2.78 bits per heavy atom. The Bertz CT molecular complexity index is 568. The van der Waals surface area contributed by atoms with Crippen molar-refractivity contribution in [1.82, 2.24) is 0 Å². The average molecular weight is 254 g/mol. The van der Waals surface area contributed by atoms with Crippen LogP contribution < -0.4 is 4.74 Å². The molecule has 2 aliphatic heterocycles. The molecule has 18 heavy (non-hydrogen) atoms. The summed E-state index contributed by atoms with van der Waals surface area (Å²) >= 11 is 1.96. The molecule has 2 atom stereocenters. The minimum Gasteiger partial charge on any atom is -0.489 e. The fourth-order valence-electron chi connectivity index (χ4n) is 2.93. The molecule has 0 aliphatic carbocycles. The first kappa shape index (κ1) is 10.5. The molecule has 0 amide bonds. The third-order valence-corrected chi connectivity index (χ3v) is 5.07. The lowest BCUT2D eigenvalue weighted by molar-refractivity contribution is 0.207. The molecule has 0 aromatic heterocycles. The second-order valence-corrected chi connectivity index (χ2v) is 5.99. The van der Waals surface area contributed by atoms with Crippen molar-refractivity contribution in [1.29, 1.82) is 0 Å². The molecule has 2 heterocycles. The maximum absolute atomic E-state index is 6.13. The standard InChI is InChI=1S/C16H14OS/c1-3-7-14-11(5-1)9-15(17-14)13-10-18-16-8-4-2-6-12(13)16/h1-8,13,15H,9-10H2. The monoisotopic (exact) mass is 254 g/mol. The minimum atomic E-state index is 0.318. The topological polar surface area (TPSA) is 9.23 Å². The summed E-state index contributed by atoms with van der Waals surface area (Å²) in [7, 11) is 0. The number of para-hydroxylation sites is 1. The largest absolute Gasteiger partial charge is 0.489 e. The molecule has 2 aromatic rings. The predicted molar refractivity (Wildman–Crippen MR) is 74.5 cm³/mol. The van der Waals surface area contributed by atoms with Crippen LogP contribution in [0.5, 0.6) is 5.75 Å². The molecule has 0 radical (unpaired) electrons. The minimum absolute atomic E-state index is 0.318. The van der Waals surface area contributed by atoms with E-state index >= 15 is 0 Å². The van der Waals surface area contributed by atoms with Gasteiger partial charge in [0.1, 0.15) is 11.9 Å². The van der Waals surface area contributed by atoms with E-state index < -0.39 is 0 Å². The number of hydrogen-bond donors (Lipinski definition) is 0. The van der Waals surface area contributed by atoms with Crippen LogP contribution in [0.1, 0.15) is 17.0 Å². The van der Waals surface area contributed by atoms with Gasteiger partial charge in [-0.1, -0.05) is 36.4 Å². The van der Waals surface area contributed by atoms with Crippen molar-refractivity contribution in [2.24, 2.45) is 0 Å². The van der Waals surface area contributed by atoms with Crippen LogP contribution >= 0.6 is 11.8 Å². The number of fused-ring (bicyclic) bond motifs is 2. The summed E-state index contributed by atoms with van der Waals surface area (Å²) in [5.74, 6) is 2.77. The number of rotatable bonds is 1. The van der Waals surface area contributed by atoms with Crippen LogP contribution in [0.4, 0.5) is 0 Å². The van der Waals surface area contributed by atoms with Crippen molar-refractivity contribution in [3.05, 3.63) is 59.7 Å². The van der Waals surface area contributed by atoms with Gasteiger partial charge in [-0.2, -0.15) is 0 Å². The van der Waals surface area contributed by atoms with Gasteiger partial charge in [0, 0.05) is 23.0 Å². The molecule has 2 heteroatoms. The Kier molecular flexibility index (Phi) is 2.37. The van der Waals surface area contributed by atoms with Crippen molar-refractivity contribution >= 4 is 11.8 Å². The molecule has 1 nitrogen and oxygen atoms in total. The van der Waals surface area contributed by atoms with Gasteiger partial charge in [-0.25, -0.2) is 0 Å². The van der Waals surface area contributed by atoms with Crippen molar-refractivity contribution in [3.63, 3.8) is 0 Å². The van der Waals surface area contributed by atoms with Crippen LogP contribution in [-0.4, -0.2) is 11.9 Å². The summed E-state index contributed by atoms with van der Waals surface area (Å²) < 4.78 is 6.13. The van der Waals surface area contributed by atoms with Gasteiger partial charge in [0.25, 0.3) is 0 Å². The Balaban J connectivity index is 1.65. The van der Waals surface area contributed by atoms with E-state index in [0.717, 1.165) is 17.9 Å².